The number of nitrogens with one attached hydrogen (secondary N) is 1. The van der Waals surface area contributed by atoms with Crippen LogP contribution in [0.25, 0.3) is 0 Å². The summed E-state index contributed by atoms with van der Waals surface area (Å²) in [6.07, 6.45) is 2.36. The Hall–Kier alpha value is -3.72. The van der Waals surface area contributed by atoms with E-state index < -0.39 is 16.8 Å². The Bertz CT molecular complexity index is 1130. The first-order valence-corrected chi connectivity index (χ1v) is 10.6. The maximum absolute atomic E-state index is 13.4. The summed E-state index contributed by atoms with van der Waals surface area (Å²) in [5, 5.41) is 14.4. The minimum Gasteiger partial charge on any atom is -0.469 e. The summed E-state index contributed by atoms with van der Waals surface area (Å²) in [5.74, 6) is -0.743. The Morgan fingerprint density at radius 3 is 2.61 bits per heavy atom. The van der Waals surface area contributed by atoms with E-state index in [-0.39, 0.29) is 37.0 Å². The van der Waals surface area contributed by atoms with Crippen LogP contribution in [0.2, 0.25) is 0 Å². The van der Waals surface area contributed by atoms with Crippen molar-refractivity contribution in [1.82, 2.24) is 5.32 Å². The molecule has 0 amide bonds. The maximum atomic E-state index is 13.4. The third-order valence-corrected chi connectivity index (χ3v) is 5.95. The predicted molar refractivity (Wildman–Crippen MR) is 117 cm³/mol. The van der Waals surface area contributed by atoms with E-state index in [4.69, 9.17) is 13.9 Å². The van der Waals surface area contributed by atoms with E-state index in [9.17, 15) is 19.7 Å². The van der Waals surface area contributed by atoms with Crippen molar-refractivity contribution < 1.29 is 28.4 Å². The number of non-ortho nitro benzene ring substituents is 1. The largest absolute Gasteiger partial charge is 0.469 e. The zero-order valence-corrected chi connectivity index (χ0v) is 18.3. The summed E-state index contributed by atoms with van der Waals surface area (Å²) >= 11 is 0. The standard InChI is InChI=1S/C24H24N2O7/c1-14-21(24(28)33-11-10-31-2)22(15-5-7-17(8-6-15)26(29)30)23-18(25-14)12-16(13-19(23)27)20-4-3-9-32-20/h3-9,16,22,25H,10-13H2,1-2H3/t16-,22-/m1/s1. The van der Waals surface area contributed by atoms with Gasteiger partial charge in [-0.1, -0.05) is 12.1 Å². The van der Waals surface area contributed by atoms with Gasteiger partial charge in [0.1, 0.15) is 12.4 Å². The Morgan fingerprint density at radius 1 is 1.21 bits per heavy atom. The molecule has 1 aliphatic heterocycles. The molecule has 0 spiro atoms. The molecule has 2 aliphatic rings. The smallest absolute Gasteiger partial charge is 0.336 e. The van der Waals surface area contributed by atoms with E-state index in [1.807, 2.05) is 6.07 Å². The van der Waals surface area contributed by atoms with Crippen LogP contribution in [-0.2, 0) is 19.1 Å². The number of carbonyl (C=O) groups is 2. The number of Topliss-reactive ketones (excluding diaryl/α,β-unsaturated/α-hetero) is 1. The van der Waals surface area contributed by atoms with Crippen LogP contribution in [0.15, 0.2) is 69.6 Å². The lowest BCUT2D eigenvalue weighted by Crippen LogP contribution is -2.36. The number of esters is 1. The van der Waals surface area contributed by atoms with Gasteiger partial charge >= 0.3 is 5.97 Å². The zero-order chi connectivity index (χ0) is 23.5. The molecule has 1 aliphatic carbocycles. The number of furan rings is 1. The monoisotopic (exact) mass is 452 g/mol. The number of hydrogen-bond donors (Lipinski definition) is 1. The molecular weight excluding hydrogens is 428 g/mol. The van der Waals surface area contributed by atoms with Gasteiger partial charge in [0.25, 0.3) is 5.69 Å². The van der Waals surface area contributed by atoms with Crippen LogP contribution in [-0.4, -0.2) is 37.0 Å². The number of methoxy groups -OCH3 is 1. The summed E-state index contributed by atoms with van der Waals surface area (Å²) in [6, 6.07) is 9.55. The molecular formula is C24H24N2O7. The summed E-state index contributed by atoms with van der Waals surface area (Å²) < 4.78 is 15.9. The minimum absolute atomic E-state index is 0.0690. The van der Waals surface area contributed by atoms with Crippen molar-refractivity contribution in [1.29, 1.82) is 0 Å². The molecule has 0 fully saturated rings. The van der Waals surface area contributed by atoms with Crippen molar-refractivity contribution in [2.75, 3.05) is 20.3 Å². The number of dihydropyridines is 1. The molecule has 4 rings (SSSR count). The predicted octanol–water partition coefficient (Wildman–Crippen LogP) is 3.74. The van der Waals surface area contributed by atoms with Crippen LogP contribution in [0.4, 0.5) is 5.69 Å². The fraction of sp³-hybridized carbons (Fsp3) is 0.333. The highest BCUT2D eigenvalue weighted by atomic mass is 16.6. The Balaban J connectivity index is 1.76. The molecule has 0 saturated carbocycles. The summed E-state index contributed by atoms with van der Waals surface area (Å²) in [4.78, 5) is 37.1. The molecule has 1 aromatic carbocycles. The van der Waals surface area contributed by atoms with Crippen LogP contribution < -0.4 is 5.32 Å². The van der Waals surface area contributed by atoms with Crippen molar-refractivity contribution in [3.8, 4) is 0 Å². The van der Waals surface area contributed by atoms with Crippen molar-refractivity contribution >= 4 is 17.4 Å². The Morgan fingerprint density at radius 2 is 1.97 bits per heavy atom. The molecule has 2 atom stereocenters. The van der Waals surface area contributed by atoms with Crippen LogP contribution in [0, 0.1) is 10.1 Å². The van der Waals surface area contributed by atoms with Gasteiger partial charge in [-0.25, -0.2) is 4.79 Å². The number of nitro benzene ring substituents is 1. The first kappa shape index (κ1) is 22.5. The van der Waals surface area contributed by atoms with Crippen molar-refractivity contribution in [2.24, 2.45) is 0 Å². The molecule has 0 saturated heterocycles. The Labute approximate surface area is 190 Å². The quantitative estimate of drug-likeness (QED) is 0.292. The second-order valence-corrected chi connectivity index (χ2v) is 8.01. The van der Waals surface area contributed by atoms with E-state index in [2.05, 4.69) is 5.32 Å². The van der Waals surface area contributed by atoms with E-state index in [1.165, 1.54) is 19.2 Å². The van der Waals surface area contributed by atoms with Gasteiger partial charge in [-0.3, -0.25) is 14.9 Å². The molecule has 2 aromatic rings. The number of rotatable bonds is 7. The number of nitro groups is 1. The van der Waals surface area contributed by atoms with Crippen molar-refractivity contribution in [2.45, 2.75) is 31.6 Å². The van der Waals surface area contributed by atoms with Gasteiger partial charge in [0, 0.05) is 54.5 Å². The molecule has 0 bridgehead atoms. The van der Waals surface area contributed by atoms with Gasteiger partial charge < -0.3 is 19.2 Å². The molecule has 33 heavy (non-hydrogen) atoms. The van der Waals surface area contributed by atoms with Crippen LogP contribution >= 0.6 is 0 Å². The summed E-state index contributed by atoms with van der Waals surface area (Å²) in [7, 11) is 1.51. The van der Waals surface area contributed by atoms with E-state index in [0.717, 1.165) is 11.5 Å². The lowest BCUT2D eigenvalue weighted by atomic mass is 9.72. The van der Waals surface area contributed by atoms with E-state index in [1.54, 1.807) is 31.4 Å². The van der Waals surface area contributed by atoms with E-state index in [0.29, 0.717) is 28.8 Å². The second kappa shape index (κ2) is 9.41. The number of ether oxygens (including phenoxy) is 2. The Kier molecular flexibility index (Phi) is 6.41. The average Bonchev–Trinajstić information content (AvgIpc) is 3.33. The summed E-state index contributed by atoms with van der Waals surface area (Å²) in [6.45, 7) is 2.07. The van der Waals surface area contributed by atoms with E-state index >= 15 is 0 Å². The average molecular weight is 452 g/mol. The third-order valence-electron chi connectivity index (χ3n) is 5.95. The highest BCUT2D eigenvalue weighted by Crippen LogP contribution is 2.45. The third kappa shape index (κ3) is 4.45. The van der Waals surface area contributed by atoms with Gasteiger partial charge in [-0.05, 0) is 31.0 Å². The number of hydrogen-bond acceptors (Lipinski definition) is 8. The molecule has 1 N–H and O–H groups in total. The zero-order valence-electron chi connectivity index (χ0n) is 18.3. The number of carbonyl (C=O) groups excluding carboxylic acids is 2. The lowest BCUT2D eigenvalue weighted by Gasteiger charge is -2.36. The molecule has 172 valence electrons. The number of ketones is 1. The fourth-order valence-electron chi connectivity index (χ4n) is 4.45. The van der Waals surface area contributed by atoms with Gasteiger partial charge in [-0.15, -0.1) is 0 Å². The molecule has 1 aromatic heterocycles. The molecule has 0 unspecified atom stereocenters. The first-order valence-electron chi connectivity index (χ1n) is 10.6. The van der Waals surface area contributed by atoms with Crippen molar-refractivity contribution in [3.63, 3.8) is 0 Å². The van der Waals surface area contributed by atoms with Gasteiger partial charge in [-0.2, -0.15) is 0 Å². The normalized spacial score (nSPS) is 20.4. The molecule has 0 radical (unpaired) electrons. The number of benzene rings is 1. The number of allylic oxidation sites excluding steroid dienone is 3. The van der Waals surface area contributed by atoms with Gasteiger partial charge in [0.2, 0.25) is 0 Å². The van der Waals surface area contributed by atoms with Crippen LogP contribution in [0.1, 0.15) is 42.9 Å². The van der Waals surface area contributed by atoms with Crippen LogP contribution in [0.3, 0.4) is 0 Å². The first-order chi connectivity index (χ1) is 15.9. The second-order valence-electron chi connectivity index (χ2n) is 8.01. The van der Waals surface area contributed by atoms with Crippen LogP contribution in [0.5, 0.6) is 0 Å². The minimum atomic E-state index is -0.692. The van der Waals surface area contributed by atoms with Crippen molar-refractivity contribution in [3.05, 3.63) is 86.6 Å². The maximum Gasteiger partial charge on any atom is 0.336 e. The highest BCUT2D eigenvalue weighted by molar-refractivity contribution is 6.04. The molecule has 9 nitrogen and oxygen atoms in total. The van der Waals surface area contributed by atoms with Gasteiger partial charge in [0.15, 0.2) is 5.78 Å². The van der Waals surface area contributed by atoms with Gasteiger partial charge in [0.05, 0.1) is 23.4 Å². The highest BCUT2D eigenvalue weighted by Gasteiger charge is 2.42. The fourth-order valence-corrected chi connectivity index (χ4v) is 4.45. The summed E-state index contributed by atoms with van der Waals surface area (Å²) in [5.41, 5.74) is 2.63. The lowest BCUT2D eigenvalue weighted by molar-refractivity contribution is -0.384. The molecule has 2 heterocycles. The SMILES string of the molecule is COCCOC(=O)C1=C(C)NC2=C(C(=O)C[C@H](c3ccco3)C2)[C@@H]1c1ccc([N+](=O)[O-])cc1. The molecule has 9 heteroatoms. The topological polar surface area (TPSA) is 121 Å². The number of nitrogens with zero attached hydrogens (tertiary/aromatic N) is 1.